The summed E-state index contributed by atoms with van der Waals surface area (Å²) in [4.78, 5) is 24.6. The van der Waals surface area contributed by atoms with E-state index in [9.17, 15) is 9.59 Å². The fourth-order valence-electron chi connectivity index (χ4n) is 2.57. The van der Waals surface area contributed by atoms with Crippen LogP contribution in [0.1, 0.15) is 41.0 Å². The molecular weight excluding hydrogens is 349 g/mol. The van der Waals surface area contributed by atoms with E-state index in [1.54, 1.807) is 30.3 Å². The van der Waals surface area contributed by atoms with Gasteiger partial charge in [0.1, 0.15) is 11.4 Å². The molecule has 1 amide bonds. The summed E-state index contributed by atoms with van der Waals surface area (Å²) in [5.41, 5.74) is 0.850. The molecule has 4 nitrogen and oxygen atoms in total. The second kappa shape index (κ2) is 6.11. The number of anilines is 1. The van der Waals surface area contributed by atoms with Crippen molar-refractivity contribution in [1.29, 1.82) is 0 Å². The van der Waals surface area contributed by atoms with Crippen molar-refractivity contribution in [2.45, 2.75) is 25.9 Å². The number of carbonyl (C=O) groups is 2. The average Bonchev–Trinajstić information content (AvgIpc) is 2.49. The summed E-state index contributed by atoms with van der Waals surface area (Å²) in [5.74, 6) is 0.189. The number of nitrogens with one attached hydrogen (secondary N) is 1. The lowest BCUT2D eigenvalue weighted by atomic mass is 9.93. The number of fused-ring (bicyclic) bond motifs is 1. The minimum absolute atomic E-state index is 0.00751. The minimum atomic E-state index is -0.519. The molecule has 0 fully saturated rings. The van der Waals surface area contributed by atoms with E-state index in [1.807, 2.05) is 13.8 Å². The van der Waals surface area contributed by atoms with Crippen LogP contribution in [0.3, 0.4) is 0 Å². The smallest absolute Gasteiger partial charge is 0.255 e. The van der Waals surface area contributed by atoms with E-state index in [1.165, 1.54) is 6.07 Å². The minimum Gasteiger partial charge on any atom is -0.487 e. The van der Waals surface area contributed by atoms with Gasteiger partial charge in [0.25, 0.3) is 5.91 Å². The molecule has 24 heavy (non-hydrogen) atoms. The van der Waals surface area contributed by atoms with E-state index in [0.29, 0.717) is 39.0 Å². The van der Waals surface area contributed by atoms with E-state index in [4.69, 9.17) is 27.9 Å². The Bertz CT molecular complexity index is 846. The third-order valence-electron chi connectivity index (χ3n) is 3.69. The highest BCUT2D eigenvalue weighted by molar-refractivity contribution is 6.42. The molecule has 124 valence electrons. The topological polar surface area (TPSA) is 55.4 Å². The second-order valence-electron chi connectivity index (χ2n) is 6.26. The number of hydrogen-bond acceptors (Lipinski definition) is 3. The third-order valence-corrected chi connectivity index (χ3v) is 4.43. The molecule has 1 heterocycles. The van der Waals surface area contributed by atoms with Crippen molar-refractivity contribution in [2.24, 2.45) is 0 Å². The first-order valence-corrected chi connectivity index (χ1v) is 8.13. The largest absolute Gasteiger partial charge is 0.487 e. The Hall–Kier alpha value is -2.04. The molecule has 2 aromatic carbocycles. The van der Waals surface area contributed by atoms with E-state index < -0.39 is 5.60 Å². The number of benzene rings is 2. The molecule has 1 aliphatic heterocycles. The van der Waals surface area contributed by atoms with Crippen molar-refractivity contribution in [3.8, 4) is 5.75 Å². The monoisotopic (exact) mass is 363 g/mol. The van der Waals surface area contributed by atoms with Crippen LogP contribution >= 0.6 is 23.2 Å². The zero-order chi connectivity index (χ0) is 17.5. The second-order valence-corrected chi connectivity index (χ2v) is 7.07. The van der Waals surface area contributed by atoms with E-state index in [0.717, 1.165) is 0 Å². The Kier molecular flexibility index (Phi) is 4.28. The molecule has 0 aromatic heterocycles. The predicted molar refractivity (Wildman–Crippen MR) is 94.5 cm³/mol. The maximum absolute atomic E-state index is 12.3. The van der Waals surface area contributed by atoms with Crippen molar-refractivity contribution in [1.82, 2.24) is 0 Å². The summed E-state index contributed by atoms with van der Waals surface area (Å²) in [6.45, 7) is 3.74. The Balaban J connectivity index is 1.84. The summed E-state index contributed by atoms with van der Waals surface area (Å²) >= 11 is 11.8. The van der Waals surface area contributed by atoms with Crippen LogP contribution < -0.4 is 10.1 Å². The Morgan fingerprint density at radius 1 is 1.12 bits per heavy atom. The fourth-order valence-corrected chi connectivity index (χ4v) is 2.87. The zero-order valence-electron chi connectivity index (χ0n) is 13.2. The van der Waals surface area contributed by atoms with Crippen LogP contribution in [-0.2, 0) is 0 Å². The number of ether oxygens (including phenoxy) is 1. The molecule has 1 aliphatic rings. The van der Waals surface area contributed by atoms with Crippen LogP contribution in [0.25, 0.3) is 0 Å². The first kappa shape index (κ1) is 16.8. The molecule has 3 rings (SSSR count). The summed E-state index contributed by atoms with van der Waals surface area (Å²) in [7, 11) is 0. The molecule has 6 heteroatoms. The molecule has 0 bridgehead atoms. The zero-order valence-corrected chi connectivity index (χ0v) is 14.7. The lowest BCUT2D eigenvalue weighted by Crippen LogP contribution is -2.35. The van der Waals surface area contributed by atoms with Gasteiger partial charge in [-0.2, -0.15) is 0 Å². The SMILES string of the molecule is CC1(C)CC(=O)c2cc(NC(=O)c3ccc(Cl)c(Cl)c3)ccc2O1. The quantitative estimate of drug-likeness (QED) is 0.817. The molecular formula is C18H15Cl2NO3. The Morgan fingerprint density at radius 3 is 2.58 bits per heavy atom. The van der Waals surface area contributed by atoms with Crippen molar-refractivity contribution in [3.05, 3.63) is 57.6 Å². The molecule has 0 saturated carbocycles. The van der Waals surface area contributed by atoms with Gasteiger partial charge in [-0.3, -0.25) is 9.59 Å². The highest BCUT2D eigenvalue weighted by Gasteiger charge is 2.32. The van der Waals surface area contributed by atoms with E-state index >= 15 is 0 Å². The van der Waals surface area contributed by atoms with Gasteiger partial charge in [0, 0.05) is 11.3 Å². The molecule has 0 saturated heterocycles. The standard InChI is InChI=1S/C18H15Cl2NO3/c1-18(2)9-15(22)12-8-11(4-6-16(12)24-18)21-17(23)10-3-5-13(19)14(20)7-10/h3-8H,9H2,1-2H3,(H,21,23). The normalized spacial score (nSPS) is 15.4. The molecule has 2 aromatic rings. The number of hydrogen-bond donors (Lipinski definition) is 1. The van der Waals surface area contributed by atoms with Crippen LogP contribution in [0.2, 0.25) is 10.0 Å². The maximum atomic E-state index is 12.3. The Morgan fingerprint density at radius 2 is 1.88 bits per heavy atom. The third kappa shape index (κ3) is 3.40. The van der Waals surface area contributed by atoms with E-state index in [-0.39, 0.29) is 11.7 Å². The summed E-state index contributed by atoms with van der Waals surface area (Å²) in [6, 6.07) is 9.65. The molecule has 0 aliphatic carbocycles. The van der Waals surface area contributed by atoms with Gasteiger partial charge in [0.15, 0.2) is 5.78 Å². The van der Waals surface area contributed by atoms with Crippen molar-refractivity contribution < 1.29 is 14.3 Å². The van der Waals surface area contributed by atoms with Gasteiger partial charge < -0.3 is 10.1 Å². The molecule has 1 N–H and O–H groups in total. The van der Waals surface area contributed by atoms with Gasteiger partial charge in [-0.1, -0.05) is 23.2 Å². The Labute approximate surface area is 149 Å². The summed E-state index contributed by atoms with van der Waals surface area (Å²) < 4.78 is 5.80. The highest BCUT2D eigenvalue weighted by atomic mass is 35.5. The van der Waals surface area contributed by atoms with Gasteiger partial charge in [-0.05, 0) is 50.2 Å². The number of amides is 1. The fraction of sp³-hybridized carbons (Fsp3) is 0.222. The average molecular weight is 364 g/mol. The predicted octanol–water partition coefficient (Wildman–Crippen LogP) is 4.99. The van der Waals surface area contributed by atoms with Crippen LogP contribution in [0.15, 0.2) is 36.4 Å². The van der Waals surface area contributed by atoms with Gasteiger partial charge >= 0.3 is 0 Å². The first-order valence-electron chi connectivity index (χ1n) is 7.38. The number of rotatable bonds is 2. The van der Waals surface area contributed by atoms with E-state index in [2.05, 4.69) is 5.32 Å². The molecule has 0 spiro atoms. The van der Waals surface area contributed by atoms with Gasteiger partial charge in [-0.25, -0.2) is 0 Å². The van der Waals surface area contributed by atoms with Gasteiger partial charge in [0.2, 0.25) is 0 Å². The molecule has 0 unspecified atom stereocenters. The summed E-state index contributed by atoms with van der Waals surface area (Å²) in [5, 5.41) is 3.44. The molecule has 0 radical (unpaired) electrons. The molecule has 0 atom stereocenters. The number of Topliss-reactive ketones (excluding diaryl/α,β-unsaturated/α-hetero) is 1. The van der Waals surface area contributed by atoms with Crippen LogP contribution in [0, 0.1) is 0 Å². The number of carbonyl (C=O) groups excluding carboxylic acids is 2. The van der Waals surface area contributed by atoms with Gasteiger partial charge in [-0.15, -0.1) is 0 Å². The van der Waals surface area contributed by atoms with Crippen molar-refractivity contribution in [3.63, 3.8) is 0 Å². The lowest BCUT2D eigenvalue weighted by Gasteiger charge is -2.31. The van der Waals surface area contributed by atoms with Gasteiger partial charge in [0.05, 0.1) is 22.0 Å². The maximum Gasteiger partial charge on any atom is 0.255 e. The number of ketones is 1. The lowest BCUT2D eigenvalue weighted by molar-refractivity contribution is 0.0620. The van der Waals surface area contributed by atoms with Crippen LogP contribution in [0.5, 0.6) is 5.75 Å². The first-order chi connectivity index (χ1) is 11.2. The number of halogens is 2. The van der Waals surface area contributed by atoms with Crippen LogP contribution in [0.4, 0.5) is 5.69 Å². The summed E-state index contributed by atoms with van der Waals surface area (Å²) in [6.07, 6.45) is 0.296. The van der Waals surface area contributed by atoms with Crippen LogP contribution in [-0.4, -0.2) is 17.3 Å². The highest BCUT2D eigenvalue weighted by Crippen LogP contribution is 2.34. The van der Waals surface area contributed by atoms with Crippen molar-refractivity contribution in [2.75, 3.05) is 5.32 Å². The van der Waals surface area contributed by atoms with Crippen molar-refractivity contribution >= 4 is 40.6 Å².